The van der Waals surface area contributed by atoms with Gasteiger partial charge in [-0.15, -0.1) is 0 Å². The van der Waals surface area contributed by atoms with E-state index < -0.39 is 63.1 Å². The third kappa shape index (κ3) is 9.55. The predicted octanol–water partition coefficient (Wildman–Crippen LogP) is 4.02. The molecule has 4 amide bonds. The van der Waals surface area contributed by atoms with Gasteiger partial charge in [-0.05, 0) is 48.0 Å². The van der Waals surface area contributed by atoms with Crippen LogP contribution in [-0.2, 0) is 41.3 Å². The highest BCUT2D eigenvalue weighted by atomic mass is 35.5. The monoisotopic (exact) mass is 1110 g/mol. The molecule has 8 fully saturated rings. The lowest BCUT2D eigenvalue weighted by Crippen LogP contribution is -2.60. The van der Waals surface area contributed by atoms with Crippen molar-refractivity contribution in [3.05, 3.63) is 191 Å². The largest absolute Gasteiger partial charge is 0.360 e. The highest BCUT2D eigenvalue weighted by Gasteiger charge is 2.57. The smallest absolute Gasteiger partial charge is 0.234 e. The summed E-state index contributed by atoms with van der Waals surface area (Å²) in [5.74, 6) is -4.73. The first-order valence-corrected chi connectivity index (χ1v) is 25.7. The van der Waals surface area contributed by atoms with E-state index in [2.05, 4.69) is 68.9 Å². The highest BCUT2D eigenvalue weighted by molar-refractivity contribution is 6.30. The summed E-state index contributed by atoms with van der Waals surface area (Å²) in [6, 6.07) is 18.9. The summed E-state index contributed by atoms with van der Waals surface area (Å²) in [5, 5.41) is 26.0. The Labute approximate surface area is 458 Å². The SMILES string of the molecule is C=C1N[C@@]2(c3cc(F)c(F)cc3F)CNC[C@H]2C(=O)N1C.C=C1N[C@@]2(c3cc(F)ccc3F)CNC[C@H]2C(=O)N1C.C=C1N[C@@]2(c3cccc(Cl)c3)CNC[C@H]2C(=O)N1C.C=C1N[C@@]2(c3ccccc3F)CNC[C@H]2C(=O)N1C. The van der Waals surface area contributed by atoms with Crippen LogP contribution in [-0.4, -0.2) is 124 Å². The zero-order chi connectivity index (χ0) is 57.1. The average Bonchev–Trinajstić information content (AvgIpc) is 4.40. The number of fused-ring (bicyclic) bond motifs is 4. The molecule has 12 rings (SSSR count). The minimum atomic E-state index is -1.26. The number of amides is 4. The summed E-state index contributed by atoms with van der Waals surface area (Å²) in [6.45, 7) is 19.0. The van der Waals surface area contributed by atoms with E-state index in [9.17, 15) is 45.5 Å². The summed E-state index contributed by atoms with van der Waals surface area (Å²) in [5.41, 5.74) is -1.66. The van der Waals surface area contributed by atoms with Gasteiger partial charge in [-0.2, -0.15) is 0 Å². The molecule has 8 aliphatic heterocycles. The molecule has 8 saturated heterocycles. The normalized spacial score (nSPS) is 29.6. The lowest BCUT2D eigenvalue weighted by Gasteiger charge is -2.44. The van der Waals surface area contributed by atoms with Crippen LogP contribution in [0.4, 0.5) is 26.3 Å². The van der Waals surface area contributed by atoms with Gasteiger partial charge in [-0.25, -0.2) is 26.3 Å². The molecule has 0 aliphatic carbocycles. The maximum absolute atomic E-state index is 14.2. The number of halogens is 7. The van der Waals surface area contributed by atoms with E-state index in [1.54, 1.807) is 51.3 Å². The fraction of sp³-hybridized carbons (Fsp3) is 0.357. The Morgan fingerprint density at radius 3 is 1.27 bits per heavy atom. The van der Waals surface area contributed by atoms with Crippen LogP contribution >= 0.6 is 11.6 Å². The predicted molar refractivity (Wildman–Crippen MR) is 283 cm³/mol. The molecule has 418 valence electrons. The summed E-state index contributed by atoms with van der Waals surface area (Å²) in [6.07, 6.45) is 0. The van der Waals surface area contributed by atoms with E-state index in [1.165, 1.54) is 20.8 Å². The van der Waals surface area contributed by atoms with Crippen LogP contribution in [0, 0.1) is 58.6 Å². The molecule has 8 aliphatic rings. The average molecular weight is 1120 g/mol. The minimum absolute atomic E-state index is 0.0306. The fourth-order valence-corrected chi connectivity index (χ4v) is 12.3. The van der Waals surface area contributed by atoms with Crippen molar-refractivity contribution in [2.45, 2.75) is 22.2 Å². The van der Waals surface area contributed by atoms with E-state index in [0.717, 1.165) is 29.8 Å². The summed E-state index contributed by atoms with van der Waals surface area (Å²) < 4.78 is 82.6. The second-order valence-electron chi connectivity index (χ2n) is 20.9. The van der Waals surface area contributed by atoms with Crippen molar-refractivity contribution >= 4 is 35.2 Å². The molecule has 79 heavy (non-hydrogen) atoms. The van der Waals surface area contributed by atoms with Crippen LogP contribution in [0.2, 0.25) is 5.02 Å². The van der Waals surface area contributed by atoms with Crippen molar-refractivity contribution in [2.24, 2.45) is 23.7 Å². The second-order valence-corrected chi connectivity index (χ2v) is 21.3. The number of hydrogen-bond acceptors (Lipinski definition) is 12. The minimum Gasteiger partial charge on any atom is -0.360 e. The van der Waals surface area contributed by atoms with E-state index in [0.29, 0.717) is 85.7 Å². The maximum atomic E-state index is 14.2. The van der Waals surface area contributed by atoms with E-state index >= 15 is 0 Å². The first kappa shape index (κ1) is 56.4. The molecule has 8 atom stereocenters. The van der Waals surface area contributed by atoms with Gasteiger partial charge in [0.05, 0.1) is 45.8 Å². The molecule has 0 unspecified atom stereocenters. The zero-order valence-corrected chi connectivity index (χ0v) is 44.6. The number of carbonyl (C=O) groups excluding carboxylic acids is 4. The Kier molecular flexibility index (Phi) is 15.2. The fourth-order valence-electron chi connectivity index (χ4n) is 12.1. The second kappa shape index (κ2) is 21.4. The van der Waals surface area contributed by atoms with Gasteiger partial charge < -0.3 is 62.1 Å². The van der Waals surface area contributed by atoms with Crippen LogP contribution in [0.5, 0.6) is 0 Å². The number of nitrogens with one attached hydrogen (secondary N) is 8. The van der Waals surface area contributed by atoms with Gasteiger partial charge in [-0.1, -0.05) is 68.2 Å². The molecule has 0 aromatic heterocycles. The molecule has 4 aromatic rings. The van der Waals surface area contributed by atoms with Crippen LogP contribution in [0.25, 0.3) is 0 Å². The number of carbonyl (C=O) groups is 4. The number of nitrogens with zero attached hydrogens (tertiary/aromatic N) is 4. The maximum Gasteiger partial charge on any atom is 0.234 e. The molecule has 8 N–H and O–H groups in total. The quantitative estimate of drug-likeness (QED) is 0.109. The van der Waals surface area contributed by atoms with Crippen molar-refractivity contribution < 1.29 is 45.5 Å². The zero-order valence-electron chi connectivity index (χ0n) is 43.9. The van der Waals surface area contributed by atoms with Crippen molar-refractivity contribution in [2.75, 3.05) is 80.5 Å². The van der Waals surface area contributed by atoms with Gasteiger partial charge in [0, 0.05) is 108 Å². The topological polar surface area (TPSA) is 177 Å². The van der Waals surface area contributed by atoms with Gasteiger partial charge in [-0.3, -0.25) is 19.2 Å². The van der Waals surface area contributed by atoms with E-state index in [1.807, 2.05) is 24.3 Å². The van der Waals surface area contributed by atoms with E-state index in [4.69, 9.17) is 11.6 Å². The summed E-state index contributed by atoms with van der Waals surface area (Å²) in [4.78, 5) is 55.3. The van der Waals surface area contributed by atoms with Crippen LogP contribution < -0.4 is 42.5 Å². The first-order chi connectivity index (χ1) is 37.4. The Hall–Kier alpha value is -7.37. The van der Waals surface area contributed by atoms with Crippen LogP contribution in [0.15, 0.2) is 128 Å². The molecular formula is C56H61ClF6N12O4. The molecule has 0 spiro atoms. The van der Waals surface area contributed by atoms with Gasteiger partial charge >= 0.3 is 0 Å². The Morgan fingerprint density at radius 1 is 0.430 bits per heavy atom. The molecule has 4 aromatic carbocycles. The Morgan fingerprint density at radius 2 is 0.810 bits per heavy atom. The third-order valence-corrected chi connectivity index (χ3v) is 16.8. The molecule has 16 nitrogen and oxygen atoms in total. The third-order valence-electron chi connectivity index (χ3n) is 16.6. The lowest BCUT2D eigenvalue weighted by molar-refractivity contribution is -0.138. The molecule has 0 radical (unpaired) electrons. The molecule has 0 saturated carbocycles. The first-order valence-electron chi connectivity index (χ1n) is 25.4. The van der Waals surface area contributed by atoms with Gasteiger partial charge in [0.15, 0.2) is 11.6 Å². The standard InChI is InChI=1S/C14H16ClN3O.C14H14F3N3O.C14H15F2N3O.C14H16FN3O/c1-9-17-14(10-4-3-5-11(15)6-10)8-16-7-12(14)13(19)18(9)2;1-7-19-14(6-18-5-9(14)13(21)20(7)2)8-3-11(16)12(17)4-10(8)15;1-8-18-14(10-5-9(15)3-4-12(10)16)7-17-6-11(14)13(20)19(8)2;1-9-17-14(10-5-3-4-6-12(10)15)8-16-7-11(14)13(19)18(9)2/h3-6,12,16-17H,1,7-8H2,2H3;3-4,9,18-19H,1,5-6H2,2H3;3-5,11,17-18H,1,6-7H2,2H3;3-6,11,16-17H,1,7-8H2,2H3/t12-,14+;9-,14+;2*11-,14+/m0000/s1. The number of hydrogen-bond donors (Lipinski definition) is 8. The molecule has 8 heterocycles. The van der Waals surface area contributed by atoms with Crippen LogP contribution in [0.1, 0.15) is 22.3 Å². The lowest BCUT2D eigenvalue weighted by atomic mass is 9.78. The number of benzene rings is 4. The van der Waals surface area contributed by atoms with Crippen molar-refractivity contribution in [3.63, 3.8) is 0 Å². The summed E-state index contributed by atoms with van der Waals surface area (Å²) in [7, 11) is 6.60. The van der Waals surface area contributed by atoms with Gasteiger partial charge in [0.1, 0.15) is 46.6 Å². The highest BCUT2D eigenvalue weighted by Crippen LogP contribution is 2.44. The molecule has 23 heteroatoms. The summed E-state index contributed by atoms with van der Waals surface area (Å²) >= 11 is 6.09. The van der Waals surface area contributed by atoms with Gasteiger partial charge in [0.25, 0.3) is 0 Å². The van der Waals surface area contributed by atoms with Crippen LogP contribution in [0.3, 0.4) is 0 Å². The molecule has 0 bridgehead atoms. The van der Waals surface area contributed by atoms with E-state index in [-0.39, 0.29) is 59.0 Å². The van der Waals surface area contributed by atoms with Gasteiger partial charge in [0.2, 0.25) is 23.6 Å². The van der Waals surface area contributed by atoms with Crippen molar-refractivity contribution in [1.29, 1.82) is 0 Å². The Bertz CT molecular complexity index is 3210. The Balaban J connectivity index is 0.000000128. The van der Waals surface area contributed by atoms with Crippen molar-refractivity contribution in [1.82, 2.24) is 62.1 Å². The number of rotatable bonds is 4. The van der Waals surface area contributed by atoms with Crippen molar-refractivity contribution in [3.8, 4) is 0 Å². The molecular weight excluding hydrogens is 1050 g/mol.